The van der Waals surface area contributed by atoms with Crippen LogP contribution in [0, 0.1) is 0 Å². The van der Waals surface area contributed by atoms with Crippen LogP contribution in [0.25, 0.3) is 11.0 Å². The van der Waals surface area contributed by atoms with Crippen molar-refractivity contribution in [2.24, 2.45) is 7.05 Å². The molecule has 2 aromatic rings. The van der Waals surface area contributed by atoms with E-state index in [4.69, 9.17) is 0 Å². The van der Waals surface area contributed by atoms with E-state index in [0.29, 0.717) is 24.4 Å². The van der Waals surface area contributed by atoms with Crippen molar-refractivity contribution in [3.05, 3.63) is 29.6 Å². The molecule has 1 aromatic carbocycles. The number of urea groups is 1. The molecule has 1 aliphatic heterocycles. The molecule has 0 radical (unpaired) electrons. The number of thioether (sulfide) groups is 1. The largest absolute Gasteiger partial charge is 0.416 e. The molecule has 24 heavy (non-hydrogen) atoms. The van der Waals surface area contributed by atoms with E-state index < -0.39 is 11.7 Å². The smallest absolute Gasteiger partial charge is 0.331 e. The van der Waals surface area contributed by atoms with E-state index in [0.717, 1.165) is 23.6 Å². The van der Waals surface area contributed by atoms with Gasteiger partial charge in [-0.05, 0) is 18.2 Å². The van der Waals surface area contributed by atoms with E-state index in [9.17, 15) is 18.0 Å². The summed E-state index contributed by atoms with van der Waals surface area (Å²) in [5.41, 5.74) is 0.141. The maximum Gasteiger partial charge on any atom is 0.416 e. The molecule has 0 aliphatic carbocycles. The van der Waals surface area contributed by atoms with Gasteiger partial charge < -0.3 is 14.8 Å². The summed E-state index contributed by atoms with van der Waals surface area (Å²) >= 11 is 1.81. The number of benzene rings is 1. The minimum Gasteiger partial charge on any atom is -0.331 e. The Balaban J connectivity index is 1.75. The highest BCUT2D eigenvalue weighted by atomic mass is 32.2. The zero-order valence-electron chi connectivity index (χ0n) is 13.1. The van der Waals surface area contributed by atoms with E-state index in [-0.39, 0.29) is 18.1 Å². The monoisotopic (exact) mass is 358 g/mol. The number of alkyl halides is 3. The predicted octanol–water partition coefficient (Wildman–Crippen LogP) is 2.85. The van der Waals surface area contributed by atoms with Crippen molar-refractivity contribution in [3.8, 4) is 0 Å². The topological polar surface area (TPSA) is 50.2 Å². The minimum absolute atomic E-state index is 0.168. The molecule has 9 heteroatoms. The van der Waals surface area contributed by atoms with E-state index in [1.54, 1.807) is 16.5 Å². The van der Waals surface area contributed by atoms with Crippen molar-refractivity contribution < 1.29 is 18.0 Å². The molecule has 1 N–H and O–H groups in total. The zero-order chi connectivity index (χ0) is 17.3. The van der Waals surface area contributed by atoms with Gasteiger partial charge in [-0.3, -0.25) is 0 Å². The van der Waals surface area contributed by atoms with Crippen LogP contribution in [0.15, 0.2) is 18.2 Å². The number of aromatic nitrogens is 2. The molecular weight excluding hydrogens is 341 g/mol. The summed E-state index contributed by atoms with van der Waals surface area (Å²) in [6.45, 7) is 1.58. The number of fused-ring (bicyclic) bond motifs is 1. The normalized spacial score (nSPS) is 15.8. The Kier molecular flexibility index (Phi) is 4.62. The van der Waals surface area contributed by atoms with Crippen LogP contribution >= 0.6 is 11.8 Å². The van der Waals surface area contributed by atoms with E-state index >= 15 is 0 Å². The van der Waals surface area contributed by atoms with Crippen molar-refractivity contribution >= 4 is 28.8 Å². The van der Waals surface area contributed by atoms with Gasteiger partial charge in [0.05, 0.1) is 23.1 Å². The van der Waals surface area contributed by atoms with E-state index in [2.05, 4.69) is 10.3 Å². The maximum absolute atomic E-state index is 12.8. The highest BCUT2D eigenvalue weighted by Gasteiger charge is 2.31. The summed E-state index contributed by atoms with van der Waals surface area (Å²) < 4.78 is 40.0. The molecule has 2 heterocycles. The standard InChI is InChI=1S/C15H17F3N4OS/c1-21-12-3-2-10(15(16,17)18)8-11(12)20-13(21)9-19-14(23)22-4-6-24-7-5-22/h2-3,8H,4-7,9H2,1H3,(H,19,23). The molecule has 1 saturated heterocycles. The van der Waals surface area contributed by atoms with Gasteiger partial charge in [-0.25, -0.2) is 9.78 Å². The van der Waals surface area contributed by atoms with Gasteiger partial charge in [-0.15, -0.1) is 0 Å². The Bertz CT molecular complexity index is 753. The fourth-order valence-electron chi connectivity index (χ4n) is 2.62. The Hall–Kier alpha value is -1.90. The molecule has 5 nitrogen and oxygen atoms in total. The second-order valence-corrected chi connectivity index (χ2v) is 6.77. The molecule has 1 fully saturated rings. The fourth-order valence-corrected chi connectivity index (χ4v) is 3.52. The molecular formula is C15H17F3N4OS. The van der Waals surface area contributed by atoms with Crippen molar-refractivity contribution in [2.75, 3.05) is 24.6 Å². The summed E-state index contributed by atoms with van der Waals surface area (Å²) in [4.78, 5) is 18.1. The number of carbonyl (C=O) groups is 1. The van der Waals surface area contributed by atoms with Gasteiger partial charge in [0.25, 0.3) is 0 Å². The average molecular weight is 358 g/mol. The number of nitrogens with one attached hydrogen (secondary N) is 1. The summed E-state index contributed by atoms with van der Waals surface area (Å²) in [7, 11) is 1.72. The lowest BCUT2D eigenvalue weighted by Gasteiger charge is -2.26. The van der Waals surface area contributed by atoms with Crippen LogP contribution in [0.3, 0.4) is 0 Å². The van der Waals surface area contributed by atoms with Gasteiger partial charge in [0, 0.05) is 31.6 Å². The van der Waals surface area contributed by atoms with Crippen molar-refractivity contribution in [3.63, 3.8) is 0 Å². The Morgan fingerprint density at radius 3 is 2.71 bits per heavy atom. The second kappa shape index (κ2) is 6.54. The van der Waals surface area contributed by atoms with Crippen LogP contribution in [0.4, 0.5) is 18.0 Å². The average Bonchev–Trinajstić information content (AvgIpc) is 2.88. The highest BCUT2D eigenvalue weighted by Crippen LogP contribution is 2.31. The third-order valence-corrected chi connectivity index (χ3v) is 4.94. The first-order chi connectivity index (χ1) is 11.4. The highest BCUT2D eigenvalue weighted by molar-refractivity contribution is 7.99. The molecule has 0 bridgehead atoms. The first-order valence-corrected chi connectivity index (χ1v) is 8.65. The number of imidazole rings is 1. The van der Waals surface area contributed by atoms with E-state index in [1.807, 2.05) is 11.8 Å². The van der Waals surface area contributed by atoms with E-state index in [1.165, 1.54) is 6.07 Å². The predicted molar refractivity (Wildman–Crippen MR) is 86.8 cm³/mol. The first kappa shape index (κ1) is 16.9. The molecule has 1 aromatic heterocycles. The van der Waals surface area contributed by atoms with Gasteiger partial charge >= 0.3 is 12.2 Å². The van der Waals surface area contributed by atoms with Crippen LogP contribution in [0.2, 0.25) is 0 Å². The number of aryl methyl sites for hydroxylation is 1. The maximum atomic E-state index is 12.8. The Morgan fingerprint density at radius 1 is 1.33 bits per heavy atom. The third kappa shape index (κ3) is 3.45. The number of rotatable bonds is 2. The Labute approximate surface area is 141 Å². The quantitative estimate of drug-likeness (QED) is 0.898. The van der Waals surface area contributed by atoms with Crippen LogP contribution in [-0.2, 0) is 19.8 Å². The van der Waals surface area contributed by atoms with Gasteiger partial charge in [0.2, 0.25) is 0 Å². The second-order valence-electron chi connectivity index (χ2n) is 5.55. The lowest BCUT2D eigenvalue weighted by Crippen LogP contribution is -2.44. The van der Waals surface area contributed by atoms with Crippen molar-refractivity contribution in [1.29, 1.82) is 0 Å². The van der Waals surface area contributed by atoms with Crippen molar-refractivity contribution in [1.82, 2.24) is 19.8 Å². The number of amides is 2. The molecule has 0 spiro atoms. The van der Waals surface area contributed by atoms with Crippen LogP contribution < -0.4 is 5.32 Å². The minimum atomic E-state index is -4.40. The third-order valence-electron chi connectivity index (χ3n) is 4.00. The fraction of sp³-hybridized carbons (Fsp3) is 0.467. The number of hydrogen-bond donors (Lipinski definition) is 1. The molecule has 1 aliphatic rings. The molecule has 0 unspecified atom stereocenters. The summed E-state index contributed by atoms with van der Waals surface area (Å²) in [5, 5.41) is 2.79. The molecule has 0 saturated carbocycles. The van der Waals surface area contributed by atoms with Crippen LogP contribution in [-0.4, -0.2) is 45.1 Å². The summed E-state index contributed by atoms with van der Waals surface area (Å²) in [6, 6.07) is 3.30. The summed E-state index contributed by atoms with van der Waals surface area (Å²) in [5.74, 6) is 2.35. The molecule has 130 valence electrons. The number of hydrogen-bond acceptors (Lipinski definition) is 3. The van der Waals surface area contributed by atoms with Crippen LogP contribution in [0.5, 0.6) is 0 Å². The number of carbonyl (C=O) groups excluding carboxylic acids is 1. The molecule has 0 atom stereocenters. The number of nitrogens with zero attached hydrogens (tertiary/aromatic N) is 3. The first-order valence-electron chi connectivity index (χ1n) is 7.49. The SMILES string of the molecule is Cn1c(CNC(=O)N2CCSCC2)nc2cc(C(F)(F)F)ccc21. The summed E-state index contributed by atoms with van der Waals surface area (Å²) in [6.07, 6.45) is -4.40. The molecule has 3 rings (SSSR count). The van der Waals surface area contributed by atoms with Gasteiger partial charge in [-0.2, -0.15) is 24.9 Å². The van der Waals surface area contributed by atoms with Crippen molar-refractivity contribution in [2.45, 2.75) is 12.7 Å². The Morgan fingerprint density at radius 2 is 2.04 bits per heavy atom. The van der Waals surface area contributed by atoms with Crippen LogP contribution in [0.1, 0.15) is 11.4 Å². The number of halogens is 3. The van der Waals surface area contributed by atoms with Gasteiger partial charge in [0.1, 0.15) is 5.82 Å². The lowest BCUT2D eigenvalue weighted by molar-refractivity contribution is -0.137. The molecule has 2 amide bonds. The van der Waals surface area contributed by atoms with Gasteiger partial charge in [0.15, 0.2) is 0 Å². The lowest BCUT2D eigenvalue weighted by atomic mass is 10.2. The van der Waals surface area contributed by atoms with Gasteiger partial charge in [-0.1, -0.05) is 0 Å². The zero-order valence-corrected chi connectivity index (χ0v) is 13.9.